The fraction of sp³-hybridized carbons (Fsp3) is 0.571. The molecule has 3 heterocycles. The minimum Gasteiger partial charge on any atom is -0.372 e. The molecule has 0 saturated carbocycles. The highest BCUT2D eigenvalue weighted by Gasteiger charge is 2.21. The van der Waals surface area contributed by atoms with E-state index in [0.717, 1.165) is 55.3 Å². The average Bonchev–Trinajstić information content (AvgIpc) is 3.12. The van der Waals surface area contributed by atoms with Crippen molar-refractivity contribution in [3.8, 4) is 0 Å². The molecule has 6 heteroatoms. The molecule has 0 aromatic carbocycles. The Hall–Kier alpha value is -1.66. The molecule has 1 aliphatic rings. The molecule has 1 unspecified atom stereocenters. The van der Waals surface area contributed by atoms with Crippen molar-refractivity contribution in [2.45, 2.75) is 32.3 Å². The van der Waals surface area contributed by atoms with Gasteiger partial charge in [0, 0.05) is 37.5 Å². The van der Waals surface area contributed by atoms with E-state index in [1.165, 1.54) is 0 Å². The predicted molar refractivity (Wildman–Crippen MR) is 77.8 cm³/mol. The third kappa shape index (κ3) is 2.48. The van der Waals surface area contributed by atoms with E-state index in [0.29, 0.717) is 6.54 Å². The van der Waals surface area contributed by atoms with Crippen LogP contribution in [0.4, 0.5) is 5.82 Å². The smallest absolute Gasteiger partial charge is 0.157 e. The van der Waals surface area contributed by atoms with E-state index in [4.69, 9.17) is 10.5 Å². The summed E-state index contributed by atoms with van der Waals surface area (Å²) < 4.78 is 7.56. The number of ether oxygens (including phenoxy) is 1. The number of anilines is 1. The van der Waals surface area contributed by atoms with Crippen LogP contribution in [0.15, 0.2) is 12.1 Å². The Kier molecular flexibility index (Phi) is 3.84. The van der Waals surface area contributed by atoms with E-state index in [1.54, 1.807) is 0 Å². The molecule has 1 aliphatic heterocycles. The number of hydrogen-bond donors (Lipinski definition) is 2. The zero-order valence-electron chi connectivity index (χ0n) is 11.8. The van der Waals surface area contributed by atoms with Crippen molar-refractivity contribution in [1.29, 1.82) is 0 Å². The van der Waals surface area contributed by atoms with Crippen LogP contribution in [-0.2, 0) is 11.2 Å². The average molecular weight is 275 g/mol. The van der Waals surface area contributed by atoms with Gasteiger partial charge in [0.2, 0.25) is 0 Å². The van der Waals surface area contributed by atoms with Gasteiger partial charge in [-0.15, -0.1) is 0 Å². The molecule has 3 rings (SSSR count). The molecule has 20 heavy (non-hydrogen) atoms. The monoisotopic (exact) mass is 275 g/mol. The fourth-order valence-corrected chi connectivity index (χ4v) is 2.52. The van der Waals surface area contributed by atoms with Gasteiger partial charge in [0.25, 0.3) is 0 Å². The highest BCUT2D eigenvalue weighted by Crippen LogP contribution is 2.28. The predicted octanol–water partition coefficient (Wildman–Crippen LogP) is 1.51. The maximum absolute atomic E-state index is 5.70. The topological polar surface area (TPSA) is 77.5 Å². The largest absolute Gasteiger partial charge is 0.372 e. The number of rotatable bonds is 5. The van der Waals surface area contributed by atoms with Crippen molar-refractivity contribution in [3.63, 3.8) is 0 Å². The van der Waals surface area contributed by atoms with Gasteiger partial charge in [0.1, 0.15) is 11.9 Å². The molecule has 0 aliphatic carbocycles. The van der Waals surface area contributed by atoms with Gasteiger partial charge in [-0.1, -0.05) is 6.92 Å². The van der Waals surface area contributed by atoms with E-state index in [1.807, 2.05) is 16.6 Å². The van der Waals surface area contributed by atoms with E-state index in [2.05, 4.69) is 22.3 Å². The molecule has 0 bridgehead atoms. The zero-order valence-corrected chi connectivity index (χ0v) is 11.8. The van der Waals surface area contributed by atoms with Gasteiger partial charge in [0.05, 0.1) is 5.69 Å². The molecule has 108 valence electrons. The number of aromatic nitrogens is 3. The van der Waals surface area contributed by atoms with Crippen LogP contribution in [0, 0.1) is 0 Å². The second-order valence-electron chi connectivity index (χ2n) is 5.04. The summed E-state index contributed by atoms with van der Waals surface area (Å²) in [6.07, 6.45) is 3.15. The lowest BCUT2D eigenvalue weighted by atomic mass is 10.2. The van der Waals surface area contributed by atoms with Crippen LogP contribution in [0.2, 0.25) is 0 Å². The van der Waals surface area contributed by atoms with Gasteiger partial charge in [-0.3, -0.25) is 0 Å². The summed E-state index contributed by atoms with van der Waals surface area (Å²) in [7, 11) is 0. The first kappa shape index (κ1) is 13.3. The van der Waals surface area contributed by atoms with Crippen LogP contribution in [-0.4, -0.2) is 34.3 Å². The van der Waals surface area contributed by atoms with E-state index >= 15 is 0 Å². The Morgan fingerprint density at radius 1 is 1.50 bits per heavy atom. The van der Waals surface area contributed by atoms with Crippen LogP contribution in [0.5, 0.6) is 0 Å². The van der Waals surface area contributed by atoms with Gasteiger partial charge in [-0.25, -0.2) is 4.98 Å². The van der Waals surface area contributed by atoms with Crippen molar-refractivity contribution < 1.29 is 4.74 Å². The maximum atomic E-state index is 5.70. The van der Waals surface area contributed by atoms with Gasteiger partial charge in [-0.2, -0.15) is 9.61 Å². The Labute approximate surface area is 118 Å². The lowest BCUT2D eigenvalue weighted by Crippen LogP contribution is -2.16. The van der Waals surface area contributed by atoms with E-state index in [9.17, 15) is 0 Å². The quantitative estimate of drug-likeness (QED) is 0.865. The molecule has 1 fully saturated rings. The molecule has 0 spiro atoms. The summed E-state index contributed by atoms with van der Waals surface area (Å²) in [5.41, 5.74) is 8.46. The van der Waals surface area contributed by atoms with Crippen LogP contribution in [0.25, 0.3) is 5.65 Å². The molecule has 0 radical (unpaired) electrons. The lowest BCUT2D eigenvalue weighted by molar-refractivity contribution is 0.108. The van der Waals surface area contributed by atoms with Crippen molar-refractivity contribution in [1.82, 2.24) is 14.6 Å². The van der Waals surface area contributed by atoms with Crippen molar-refractivity contribution >= 4 is 11.5 Å². The number of nitrogens with two attached hydrogens (primary N) is 1. The highest BCUT2D eigenvalue weighted by molar-refractivity contribution is 5.51. The number of nitrogens with zero attached hydrogens (tertiary/aromatic N) is 3. The first-order valence-electron chi connectivity index (χ1n) is 7.27. The Balaban J connectivity index is 2.01. The first-order valence-corrected chi connectivity index (χ1v) is 7.27. The van der Waals surface area contributed by atoms with Crippen LogP contribution >= 0.6 is 0 Å². The Morgan fingerprint density at radius 2 is 2.40 bits per heavy atom. The molecule has 3 N–H and O–H groups in total. The summed E-state index contributed by atoms with van der Waals surface area (Å²) >= 11 is 0. The minimum atomic E-state index is 0.115. The second kappa shape index (κ2) is 5.76. The first-order chi connectivity index (χ1) is 9.81. The summed E-state index contributed by atoms with van der Waals surface area (Å²) in [4.78, 5) is 4.63. The Bertz CT molecular complexity index is 589. The van der Waals surface area contributed by atoms with Crippen molar-refractivity contribution in [3.05, 3.63) is 23.5 Å². The van der Waals surface area contributed by atoms with E-state index in [-0.39, 0.29) is 6.10 Å². The zero-order chi connectivity index (χ0) is 13.9. The van der Waals surface area contributed by atoms with Gasteiger partial charge in [0.15, 0.2) is 5.65 Å². The fourth-order valence-electron chi connectivity index (χ4n) is 2.52. The summed E-state index contributed by atoms with van der Waals surface area (Å²) in [6, 6.07) is 4.07. The number of nitrogens with one attached hydrogen (secondary N) is 1. The maximum Gasteiger partial charge on any atom is 0.157 e. The van der Waals surface area contributed by atoms with Gasteiger partial charge in [-0.05, 0) is 19.3 Å². The molecular formula is C14H21N5O. The number of hydrogen-bond acceptors (Lipinski definition) is 5. The summed E-state index contributed by atoms with van der Waals surface area (Å²) in [6.45, 7) is 4.23. The SMILES string of the molecule is CCc1cc(NCCN)n2nc(C3CCCO3)cc2n1. The number of aryl methyl sites for hydroxylation is 1. The second-order valence-corrected chi connectivity index (χ2v) is 5.04. The van der Waals surface area contributed by atoms with E-state index < -0.39 is 0 Å². The third-order valence-electron chi connectivity index (χ3n) is 3.57. The third-order valence-corrected chi connectivity index (χ3v) is 3.57. The summed E-state index contributed by atoms with van der Waals surface area (Å²) in [5, 5.41) is 7.96. The van der Waals surface area contributed by atoms with Gasteiger partial charge >= 0.3 is 0 Å². The van der Waals surface area contributed by atoms with Crippen LogP contribution in [0.3, 0.4) is 0 Å². The van der Waals surface area contributed by atoms with Crippen LogP contribution in [0.1, 0.15) is 37.3 Å². The van der Waals surface area contributed by atoms with Gasteiger partial charge < -0.3 is 15.8 Å². The van der Waals surface area contributed by atoms with Crippen molar-refractivity contribution in [2.24, 2.45) is 5.73 Å². The number of fused-ring (bicyclic) bond motifs is 1. The van der Waals surface area contributed by atoms with Crippen molar-refractivity contribution in [2.75, 3.05) is 25.0 Å². The molecule has 1 atom stereocenters. The molecule has 2 aromatic heterocycles. The standard InChI is InChI=1S/C14H21N5O/c1-2-10-8-13(16-6-5-15)19-14(17-10)9-11(18-19)12-4-3-7-20-12/h8-9,12,16H,2-7,15H2,1H3. The summed E-state index contributed by atoms with van der Waals surface area (Å²) in [5.74, 6) is 0.946. The molecule has 2 aromatic rings. The molecule has 6 nitrogen and oxygen atoms in total. The normalized spacial score (nSPS) is 18.8. The highest BCUT2D eigenvalue weighted by atomic mass is 16.5. The minimum absolute atomic E-state index is 0.115. The lowest BCUT2D eigenvalue weighted by Gasteiger charge is -2.09. The molecule has 1 saturated heterocycles. The molecular weight excluding hydrogens is 254 g/mol. The molecule has 0 amide bonds. The van der Waals surface area contributed by atoms with Crippen LogP contribution < -0.4 is 11.1 Å². The Morgan fingerprint density at radius 3 is 3.10 bits per heavy atom.